The average molecular weight is 267 g/mol. The molecule has 1 aliphatic carbocycles. The van der Waals surface area contributed by atoms with Gasteiger partial charge in [0.2, 0.25) is 0 Å². The molecule has 1 aromatic carbocycles. The number of aromatic nitrogens is 1. The molecule has 0 amide bonds. The van der Waals surface area contributed by atoms with E-state index in [1.54, 1.807) is 0 Å². The molecule has 20 heavy (non-hydrogen) atoms. The standard InChI is InChI=1S/C17H21N3/c18-12-15-5-6-16-7-9-20(17(16)11-15)10-8-19-13-14-3-1-2-4-14/h5-7,9,11,14,19H,1-4,8,10,13H2. The molecule has 1 aromatic heterocycles. The second kappa shape index (κ2) is 6.11. The highest BCUT2D eigenvalue weighted by Gasteiger charge is 2.13. The Kier molecular flexibility index (Phi) is 4.03. The molecule has 3 rings (SSSR count). The smallest absolute Gasteiger partial charge is 0.0992 e. The Hall–Kier alpha value is -1.79. The summed E-state index contributed by atoms with van der Waals surface area (Å²) in [5.41, 5.74) is 1.89. The van der Waals surface area contributed by atoms with Gasteiger partial charge < -0.3 is 9.88 Å². The summed E-state index contributed by atoms with van der Waals surface area (Å²) < 4.78 is 2.23. The first kappa shape index (κ1) is 13.2. The van der Waals surface area contributed by atoms with Crippen molar-refractivity contribution >= 4 is 10.9 Å². The number of benzene rings is 1. The lowest BCUT2D eigenvalue weighted by Crippen LogP contribution is -2.25. The molecule has 0 bridgehead atoms. The van der Waals surface area contributed by atoms with Gasteiger partial charge in [-0.25, -0.2) is 0 Å². The quantitative estimate of drug-likeness (QED) is 0.844. The first-order valence-corrected chi connectivity index (χ1v) is 7.56. The van der Waals surface area contributed by atoms with Gasteiger partial charge in [-0.15, -0.1) is 0 Å². The summed E-state index contributed by atoms with van der Waals surface area (Å²) in [6.45, 7) is 3.12. The number of nitriles is 1. The van der Waals surface area contributed by atoms with Gasteiger partial charge in [0.25, 0.3) is 0 Å². The maximum Gasteiger partial charge on any atom is 0.0992 e. The van der Waals surface area contributed by atoms with Crippen molar-refractivity contribution in [2.24, 2.45) is 5.92 Å². The first-order valence-electron chi connectivity index (χ1n) is 7.56. The monoisotopic (exact) mass is 267 g/mol. The molecular weight excluding hydrogens is 246 g/mol. The molecule has 0 aliphatic heterocycles. The van der Waals surface area contributed by atoms with Gasteiger partial charge in [-0.2, -0.15) is 5.26 Å². The second-order valence-corrected chi connectivity index (χ2v) is 5.75. The molecule has 3 heteroatoms. The van der Waals surface area contributed by atoms with Gasteiger partial charge in [-0.1, -0.05) is 18.9 Å². The van der Waals surface area contributed by atoms with E-state index in [9.17, 15) is 0 Å². The predicted molar refractivity (Wildman–Crippen MR) is 81.5 cm³/mol. The highest BCUT2D eigenvalue weighted by atomic mass is 15.0. The molecule has 1 fully saturated rings. The zero-order valence-electron chi connectivity index (χ0n) is 11.8. The van der Waals surface area contributed by atoms with Crippen molar-refractivity contribution in [3.05, 3.63) is 36.0 Å². The lowest BCUT2D eigenvalue weighted by molar-refractivity contribution is 0.478. The number of hydrogen-bond donors (Lipinski definition) is 1. The molecule has 0 saturated heterocycles. The summed E-state index contributed by atoms with van der Waals surface area (Å²) in [5, 5.41) is 13.8. The van der Waals surface area contributed by atoms with Crippen LogP contribution in [0.2, 0.25) is 0 Å². The van der Waals surface area contributed by atoms with Crippen LogP contribution in [0.25, 0.3) is 10.9 Å². The Bertz CT molecular complexity index is 615. The molecule has 1 saturated carbocycles. The maximum atomic E-state index is 8.99. The van der Waals surface area contributed by atoms with Gasteiger partial charge in [0.1, 0.15) is 0 Å². The largest absolute Gasteiger partial charge is 0.346 e. The Morgan fingerprint density at radius 2 is 2.10 bits per heavy atom. The molecule has 0 spiro atoms. The minimum absolute atomic E-state index is 0.733. The van der Waals surface area contributed by atoms with E-state index >= 15 is 0 Å². The Morgan fingerprint density at radius 3 is 2.90 bits per heavy atom. The molecule has 0 unspecified atom stereocenters. The molecule has 104 valence electrons. The molecule has 0 atom stereocenters. The van der Waals surface area contributed by atoms with Crippen LogP contribution in [0.4, 0.5) is 0 Å². The molecule has 0 radical (unpaired) electrons. The van der Waals surface area contributed by atoms with E-state index < -0.39 is 0 Å². The molecule has 1 heterocycles. The number of nitrogens with zero attached hydrogens (tertiary/aromatic N) is 2. The summed E-state index contributed by atoms with van der Waals surface area (Å²) in [4.78, 5) is 0. The Labute approximate surface area is 120 Å². The van der Waals surface area contributed by atoms with Crippen molar-refractivity contribution in [2.75, 3.05) is 13.1 Å². The molecule has 3 nitrogen and oxygen atoms in total. The average Bonchev–Trinajstić information content (AvgIpc) is 3.13. The summed E-state index contributed by atoms with van der Waals surface area (Å²) in [7, 11) is 0. The third-order valence-electron chi connectivity index (χ3n) is 4.34. The van der Waals surface area contributed by atoms with Gasteiger partial charge in [-0.3, -0.25) is 0 Å². The van der Waals surface area contributed by atoms with Crippen molar-refractivity contribution in [1.29, 1.82) is 5.26 Å². The highest BCUT2D eigenvalue weighted by molar-refractivity contribution is 5.81. The molecular formula is C17H21N3. The maximum absolute atomic E-state index is 8.99. The minimum Gasteiger partial charge on any atom is -0.346 e. The van der Waals surface area contributed by atoms with Gasteiger partial charge >= 0.3 is 0 Å². The summed E-state index contributed by atoms with van der Waals surface area (Å²) in [6, 6.07) is 10.2. The second-order valence-electron chi connectivity index (χ2n) is 5.75. The molecule has 1 aliphatic rings. The van der Waals surface area contributed by atoms with Gasteiger partial charge in [0, 0.05) is 24.8 Å². The van der Waals surface area contributed by atoms with Crippen molar-refractivity contribution in [1.82, 2.24) is 9.88 Å². The van der Waals surface area contributed by atoms with E-state index in [1.807, 2.05) is 18.2 Å². The van der Waals surface area contributed by atoms with E-state index in [0.717, 1.165) is 36.6 Å². The molecule has 2 aromatic rings. The topological polar surface area (TPSA) is 40.8 Å². The van der Waals surface area contributed by atoms with Crippen LogP contribution >= 0.6 is 0 Å². The van der Waals surface area contributed by atoms with Crippen molar-refractivity contribution in [2.45, 2.75) is 32.2 Å². The van der Waals surface area contributed by atoms with E-state index in [4.69, 9.17) is 5.26 Å². The lowest BCUT2D eigenvalue weighted by atomic mass is 10.1. The number of rotatable bonds is 5. The fourth-order valence-electron chi connectivity index (χ4n) is 3.17. The SMILES string of the molecule is N#Cc1ccc2ccn(CCNCC3CCCC3)c2c1. The van der Waals surface area contributed by atoms with Crippen LogP contribution in [0.5, 0.6) is 0 Å². The predicted octanol–water partition coefficient (Wildman–Crippen LogP) is 3.29. The van der Waals surface area contributed by atoms with Crippen molar-refractivity contribution in [3.63, 3.8) is 0 Å². The van der Waals surface area contributed by atoms with Crippen LogP contribution in [0, 0.1) is 17.2 Å². The van der Waals surface area contributed by atoms with Crippen LogP contribution in [0.1, 0.15) is 31.2 Å². The van der Waals surface area contributed by atoms with Crippen LogP contribution in [0.15, 0.2) is 30.5 Å². The minimum atomic E-state index is 0.733. The van der Waals surface area contributed by atoms with E-state index in [1.165, 1.54) is 31.1 Å². The fourth-order valence-corrected chi connectivity index (χ4v) is 3.17. The normalized spacial score (nSPS) is 15.8. The zero-order chi connectivity index (χ0) is 13.8. The Balaban J connectivity index is 1.58. The third-order valence-corrected chi connectivity index (χ3v) is 4.34. The summed E-state index contributed by atoms with van der Waals surface area (Å²) in [6.07, 6.45) is 7.72. The van der Waals surface area contributed by atoms with Gasteiger partial charge in [-0.05, 0) is 48.9 Å². The van der Waals surface area contributed by atoms with E-state index in [0.29, 0.717) is 0 Å². The van der Waals surface area contributed by atoms with Crippen LogP contribution in [0.3, 0.4) is 0 Å². The fraction of sp³-hybridized carbons (Fsp3) is 0.471. The first-order chi connectivity index (χ1) is 9.86. The van der Waals surface area contributed by atoms with Crippen LogP contribution < -0.4 is 5.32 Å². The molecule has 1 N–H and O–H groups in total. The van der Waals surface area contributed by atoms with E-state index in [-0.39, 0.29) is 0 Å². The number of nitrogens with one attached hydrogen (secondary N) is 1. The highest BCUT2D eigenvalue weighted by Crippen LogP contribution is 2.23. The third kappa shape index (κ3) is 2.86. The van der Waals surface area contributed by atoms with Crippen LogP contribution in [-0.4, -0.2) is 17.7 Å². The van der Waals surface area contributed by atoms with E-state index in [2.05, 4.69) is 28.2 Å². The van der Waals surface area contributed by atoms with Crippen molar-refractivity contribution in [3.8, 4) is 6.07 Å². The van der Waals surface area contributed by atoms with Crippen LogP contribution in [-0.2, 0) is 6.54 Å². The number of hydrogen-bond acceptors (Lipinski definition) is 2. The van der Waals surface area contributed by atoms with Gasteiger partial charge in [0.15, 0.2) is 0 Å². The Morgan fingerprint density at radius 1 is 1.25 bits per heavy atom. The summed E-state index contributed by atoms with van der Waals surface area (Å²) >= 11 is 0. The van der Waals surface area contributed by atoms with Crippen molar-refractivity contribution < 1.29 is 0 Å². The van der Waals surface area contributed by atoms with Gasteiger partial charge in [0.05, 0.1) is 11.6 Å². The summed E-state index contributed by atoms with van der Waals surface area (Å²) in [5.74, 6) is 0.890. The zero-order valence-corrected chi connectivity index (χ0v) is 11.8. The lowest BCUT2D eigenvalue weighted by Gasteiger charge is -2.11. The number of fused-ring (bicyclic) bond motifs is 1.